The molecule has 0 unspecified atom stereocenters. The van der Waals surface area contributed by atoms with Gasteiger partial charge in [0.15, 0.2) is 5.82 Å². The van der Waals surface area contributed by atoms with Gasteiger partial charge < -0.3 is 0 Å². The fourth-order valence-electron chi connectivity index (χ4n) is 9.25. The summed E-state index contributed by atoms with van der Waals surface area (Å²) in [6.07, 6.45) is 0. The van der Waals surface area contributed by atoms with Crippen LogP contribution >= 0.6 is 22.7 Å². The number of nitrogens with zero attached hydrogens (tertiary/aromatic N) is 2. The third-order valence-electron chi connectivity index (χ3n) is 12.3. The summed E-state index contributed by atoms with van der Waals surface area (Å²) in [6.45, 7) is 4.67. The zero-order valence-electron chi connectivity index (χ0n) is 32.5. The second-order valence-corrected chi connectivity index (χ2v) is 18.3. The standard InChI is InChI=1S/C55H36N2S2/c1-55(2)46-17-9-6-14-40(46)41-23-20-36(31-47(41)55)49-32-48(33-12-4-3-5-13-33)56-54(57-49)39-27-37(34-21-24-52-44(29-34)42-15-7-10-18-50(42)58-52)26-38(28-39)35-22-25-53-45(30-35)43-16-8-11-19-51(43)59-53/h3-32H,1-2H3. The van der Waals surface area contributed by atoms with Gasteiger partial charge in [0.05, 0.1) is 11.4 Å². The maximum atomic E-state index is 5.45. The normalized spacial score (nSPS) is 13.1. The molecule has 3 heterocycles. The molecule has 0 N–H and O–H groups in total. The van der Waals surface area contributed by atoms with E-state index in [4.69, 9.17) is 9.97 Å². The van der Waals surface area contributed by atoms with Gasteiger partial charge in [0, 0.05) is 62.4 Å². The zero-order chi connectivity index (χ0) is 39.2. The van der Waals surface area contributed by atoms with E-state index >= 15 is 0 Å². The molecule has 4 heteroatoms. The van der Waals surface area contributed by atoms with E-state index < -0.39 is 0 Å². The molecule has 0 aliphatic heterocycles. The predicted molar refractivity (Wildman–Crippen MR) is 253 cm³/mol. The Balaban J connectivity index is 1.08. The molecule has 8 aromatic carbocycles. The summed E-state index contributed by atoms with van der Waals surface area (Å²) in [6, 6.07) is 66.6. The van der Waals surface area contributed by atoms with Gasteiger partial charge in [0.1, 0.15) is 0 Å². The predicted octanol–water partition coefficient (Wildman–Crippen LogP) is 15.9. The summed E-state index contributed by atoms with van der Waals surface area (Å²) in [4.78, 5) is 10.8. The Bertz CT molecular complexity index is 3350. The van der Waals surface area contributed by atoms with Crippen molar-refractivity contribution >= 4 is 63.0 Å². The van der Waals surface area contributed by atoms with Crippen molar-refractivity contribution in [2.75, 3.05) is 0 Å². The first-order chi connectivity index (χ1) is 28.9. The first-order valence-electron chi connectivity index (χ1n) is 20.1. The van der Waals surface area contributed by atoms with Crippen LogP contribution in [0.2, 0.25) is 0 Å². The van der Waals surface area contributed by atoms with Crippen molar-refractivity contribution in [3.8, 4) is 67.3 Å². The summed E-state index contributed by atoms with van der Waals surface area (Å²) in [5, 5.41) is 5.16. The molecule has 0 atom stereocenters. The van der Waals surface area contributed by atoms with Crippen molar-refractivity contribution in [3.05, 3.63) is 193 Å². The van der Waals surface area contributed by atoms with E-state index in [0.717, 1.165) is 39.2 Å². The maximum Gasteiger partial charge on any atom is 0.160 e. The number of aromatic nitrogens is 2. The molecule has 0 spiro atoms. The molecule has 0 saturated heterocycles. The summed E-state index contributed by atoms with van der Waals surface area (Å²) in [7, 11) is 0. The molecule has 1 aliphatic carbocycles. The Morgan fingerprint density at radius 1 is 0.339 bits per heavy atom. The monoisotopic (exact) mass is 788 g/mol. The fraction of sp³-hybridized carbons (Fsp3) is 0.0545. The van der Waals surface area contributed by atoms with Crippen molar-refractivity contribution in [3.63, 3.8) is 0 Å². The minimum Gasteiger partial charge on any atom is -0.228 e. The third kappa shape index (κ3) is 5.59. The van der Waals surface area contributed by atoms with Crippen LogP contribution in [0.15, 0.2) is 182 Å². The Morgan fingerprint density at radius 2 is 0.847 bits per heavy atom. The van der Waals surface area contributed by atoms with Crippen molar-refractivity contribution < 1.29 is 0 Å². The van der Waals surface area contributed by atoms with Gasteiger partial charge in [-0.2, -0.15) is 0 Å². The number of rotatable bonds is 5. The van der Waals surface area contributed by atoms with Crippen molar-refractivity contribution in [1.82, 2.24) is 9.97 Å². The molecule has 59 heavy (non-hydrogen) atoms. The van der Waals surface area contributed by atoms with Gasteiger partial charge in [-0.15, -0.1) is 22.7 Å². The Kier molecular flexibility index (Phi) is 7.65. The molecular formula is C55H36N2S2. The SMILES string of the molecule is CC1(C)c2ccccc2-c2ccc(-c3cc(-c4ccccc4)nc(-c4cc(-c5ccc6sc7ccccc7c6c5)cc(-c5ccc6sc7ccccc7c6c5)c4)n3)cc21. The fourth-order valence-corrected chi connectivity index (χ4v) is 11.4. The summed E-state index contributed by atoms with van der Waals surface area (Å²) < 4.78 is 5.21. The second-order valence-electron chi connectivity index (χ2n) is 16.2. The maximum absolute atomic E-state index is 5.45. The Morgan fingerprint density at radius 3 is 1.51 bits per heavy atom. The van der Waals surface area contributed by atoms with Gasteiger partial charge >= 0.3 is 0 Å². The van der Waals surface area contributed by atoms with Crippen LogP contribution in [-0.2, 0) is 5.41 Å². The van der Waals surface area contributed by atoms with E-state index in [1.54, 1.807) is 0 Å². The number of hydrogen-bond donors (Lipinski definition) is 0. The van der Waals surface area contributed by atoms with E-state index in [0.29, 0.717) is 5.82 Å². The number of hydrogen-bond acceptors (Lipinski definition) is 4. The van der Waals surface area contributed by atoms with E-state index in [2.05, 4.69) is 196 Å². The molecule has 1 aliphatic rings. The highest BCUT2D eigenvalue weighted by molar-refractivity contribution is 7.26. The van der Waals surface area contributed by atoms with Gasteiger partial charge in [-0.05, 0) is 111 Å². The summed E-state index contributed by atoms with van der Waals surface area (Å²) >= 11 is 3.70. The first-order valence-corrected chi connectivity index (χ1v) is 21.8. The lowest BCUT2D eigenvalue weighted by Gasteiger charge is -2.22. The van der Waals surface area contributed by atoms with Crippen LogP contribution in [0.4, 0.5) is 0 Å². The van der Waals surface area contributed by atoms with Crippen LogP contribution in [-0.4, -0.2) is 9.97 Å². The van der Waals surface area contributed by atoms with Gasteiger partial charge in [-0.25, -0.2) is 9.97 Å². The smallest absolute Gasteiger partial charge is 0.160 e. The molecule has 3 aromatic heterocycles. The average Bonchev–Trinajstić information content (AvgIpc) is 3.93. The zero-order valence-corrected chi connectivity index (χ0v) is 34.2. The lowest BCUT2D eigenvalue weighted by Crippen LogP contribution is -2.14. The van der Waals surface area contributed by atoms with Gasteiger partial charge in [0.25, 0.3) is 0 Å². The number of fused-ring (bicyclic) bond motifs is 9. The summed E-state index contributed by atoms with van der Waals surface area (Å²) in [5.41, 5.74) is 14.8. The molecular weight excluding hydrogens is 753 g/mol. The molecule has 278 valence electrons. The molecule has 0 radical (unpaired) electrons. The minimum atomic E-state index is -0.118. The van der Waals surface area contributed by atoms with Crippen LogP contribution < -0.4 is 0 Å². The second kappa shape index (κ2) is 13.2. The lowest BCUT2D eigenvalue weighted by atomic mass is 9.82. The summed E-state index contributed by atoms with van der Waals surface area (Å²) in [5.74, 6) is 0.705. The highest BCUT2D eigenvalue weighted by atomic mass is 32.1. The largest absolute Gasteiger partial charge is 0.228 e. The van der Waals surface area contributed by atoms with Gasteiger partial charge in [-0.3, -0.25) is 0 Å². The number of thiophene rings is 2. The Labute approximate surface area is 350 Å². The molecule has 12 rings (SSSR count). The van der Waals surface area contributed by atoms with Crippen molar-refractivity contribution in [2.45, 2.75) is 19.3 Å². The van der Waals surface area contributed by atoms with Crippen LogP contribution in [0, 0.1) is 0 Å². The molecule has 0 saturated carbocycles. The minimum absolute atomic E-state index is 0.118. The van der Waals surface area contributed by atoms with Crippen molar-refractivity contribution in [1.29, 1.82) is 0 Å². The van der Waals surface area contributed by atoms with Crippen LogP contribution in [0.1, 0.15) is 25.0 Å². The van der Waals surface area contributed by atoms with Crippen LogP contribution in [0.5, 0.6) is 0 Å². The third-order valence-corrected chi connectivity index (χ3v) is 14.6. The van der Waals surface area contributed by atoms with E-state index in [9.17, 15) is 0 Å². The topological polar surface area (TPSA) is 25.8 Å². The molecule has 2 nitrogen and oxygen atoms in total. The molecule has 11 aromatic rings. The highest BCUT2D eigenvalue weighted by Gasteiger charge is 2.35. The number of benzene rings is 8. The molecule has 0 bridgehead atoms. The molecule has 0 fully saturated rings. The van der Waals surface area contributed by atoms with Gasteiger partial charge in [-0.1, -0.05) is 129 Å². The van der Waals surface area contributed by atoms with Crippen molar-refractivity contribution in [2.24, 2.45) is 0 Å². The van der Waals surface area contributed by atoms with Crippen LogP contribution in [0.25, 0.3) is 108 Å². The van der Waals surface area contributed by atoms with E-state index in [1.165, 1.54) is 73.7 Å². The van der Waals surface area contributed by atoms with Gasteiger partial charge in [0.2, 0.25) is 0 Å². The highest BCUT2D eigenvalue weighted by Crippen LogP contribution is 2.50. The molecule has 0 amide bonds. The Hall–Kier alpha value is -6.72. The average molecular weight is 789 g/mol. The lowest BCUT2D eigenvalue weighted by molar-refractivity contribution is 0.660. The first kappa shape index (κ1) is 34.3. The van der Waals surface area contributed by atoms with Crippen LogP contribution in [0.3, 0.4) is 0 Å². The van der Waals surface area contributed by atoms with E-state index in [-0.39, 0.29) is 5.41 Å². The van der Waals surface area contributed by atoms with E-state index in [1.807, 2.05) is 22.7 Å². The quantitative estimate of drug-likeness (QED) is 0.174.